The SMILES string of the molecule is c1ccc2cc(N3CC4CCC(C3)N4)ccc2c1. The molecular formula is C16H18N2. The standard InChI is InChI=1S/C16H18N2/c1-2-4-13-9-16(8-5-12(13)3-1)18-10-14-6-7-15(11-18)17-14/h1-5,8-9,14-15,17H,6-7,10-11H2. The van der Waals surface area contributed by atoms with Crippen molar-refractivity contribution in [2.24, 2.45) is 0 Å². The molecule has 1 N–H and O–H groups in total. The molecule has 0 radical (unpaired) electrons. The normalized spacial score (nSPS) is 26.8. The Morgan fingerprint density at radius 3 is 2.39 bits per heavy atom. The van der Waals surface area contributed by atoms with Crippen LogP contribution in [0, 0.1) is 0 Å². The van der Waals surface area contributed by atoms with E-state index < -0.39 is 0 Å². The predicted molar refractivity (Wildman–Crippen MR) is 76.1 cm³/mol. The summed E-state index contributed by atoms with van der Waals surface area (Å²) in [6.07, 6.45) is 2.68. The molecule has 4 rings (SSSR count). The van der Waals surface area contributed by atoms with Crippen molar-refractivity contribution in [3.05, 3.63) is 42.5 Å². The van der Waals surface area contributed by atoms with Crippen molar-refractivity contribution in [3.63, 3.8) is 0 Å². The summed E-state index contributed by atoms with van der Waals surface area (Å²) in [4.78, 5) is 2.55. The third kappa shape index (κ3) is 1.68. The molecule has 92 valence electrons. The molecule has 2 atom stereocenters. The summed E-state index contributed by atoms with van der Waals surface area (Å²) in [6.45, 7) is 2.32. The molecule has 2 heteroatoms. The van der Waals surface area contributed by atoms with Crippen molar-refractivity contribution in [2.45, 2.75) is 24.9 Å². The molecule has 2 fully saturated rings. The largest absolute Gasteiger partial charge is 0.368 e. The molecule has 0 amide bonds. The zero-order chi connectivity index (χ0) is 11.9. The molecule has 2 bridgehead atoms. The summed E-state index contributed by atoms with van der Waals surface area (Å²) in [6, 6.07) is 16.9. The molecule has 0 saturated carbocycles. The highest BCUT2D eigenvalue weighted by Gasteiger charge is 2.32. The summed E-state index contributed by atoms with van der Waals surface area (Å²) in [7, 11) is 0. The number of piperazine rings is 1. The van der Waals surface area contributed by atoms with Gasteiger partial charge in [0.1, 0.15) is 0 Å². The van der Waals surface area contributed by atoms with Gasteiger partial charge in [0, 0.05) is 30.9 Å². The molecule has 2 unspecified atom stereocenters. The van der Waals surface area contributed by atoms with Gasteiger partial charge in [-0.15, -0.1) is 0 Å². The maximum absolute atomic E-state index is 3.69. The summed E-state index contributed by atoms with van der Waals surface area (Å²) >= 11 is 0. The lowest BCUT2D eigenvalue weighted by Crippen LogP contribution is -2.51. The van der Waals surface area contributed by atoms with Gasteiger partial charge in [0.15, 0.2) is 0 Å². The van der Waals surface area contributed by atoms with E-state index in [1.807, 2.05) is 0 Å². The molecule has 2 aromatic rings. The topological polar surface area (TPSA) is 15.3 Å². The molecule has 2 saturated heterocycles. The van der Waals surface area contributed by atoms with E-state index in [9.17, 15) is 0 Å². The molecule has 0 aromatic heterocycles. The van der Waals surface area contributed by atoms with Gasteiger partial charge in [-0.05, 0) is 35.7 Å². The Labute approximate surface area is 108 Å². The van der Waals surface area contributed by atoms with E-state index in [-0.39, 0.29) is 0 Å². The third-order valence-corrected chi connectivity index (χ3v) is 4.31. The summed E-state index contributed by atoms with van der Waals surface area (Å²) in [5, 5.41) is 6.37. The van der Waals surface area contributed by atoms with Crippen molar-refractivity contribution in [1.82, 2.24) is 5.32 Å². The van der Waals surface area contributed by atoms with E-state index in [2.05, 4.69) is 52.7 Å². The van der Waals surface area contributed by atoms with Crippen LogP contribution >= 0.6 is 0 Å². The van der Waals surface area contributed by atoms with Crippen molar-refractivity contribution in [1.29, 1.82) is 0 Å². The van der Waals surface area contributed by atoms with Crippen LogP contribution in [0.1, 0.15) is 12.8 Å². The van der Waals surface area contributed by atoms with Crippen LogP contribution in [0.25, 0.3) is 10.8 Å². The number of rotatable bonds is 1. The molecule has 0 spiro atoms. The van der Waals surface area contributed by atoms with E-state index in [1.54, 1.807) is 0 Å². The molecule has 2 nitrogen and oxygen atoms in total. The minimum atomic E-state index is 0.704. The second-order valence-corrected chi connectivity index (χ2v) is 5.57. The minimum absolute atomic E-state index is 0.704. The number of nitrogens with one attached hydrogen (secondary N) is 1. The Morgan fingerprint density at radius 1 is 0.889 bits per heavy atom. The number of hydrogen-bond donors (Lipinski definition) is 1. The first kappa shape index (κ1) is 10.4. The van der Waals surface area contributed by atoms with Gasteiger partial charge in [0.05, 0.1) is 0 Å². The maximum atomic E-state index is 3.69. The van der Waals surface area contributed by atoms with Crippen LogP contribution in [0.15, 0.2) is 42.5 Å². The molecule has 0 aliphatic carbocycles. The Bertz CT molecular complexity index is 566. The van der Waals surface area contributed by atoms with Crippen LogP contribution in [-0.2, 0) is 0 Å². The van der Waals surface area contributed by atoms with E-state index >= 15 is 0 Å². The van der Waals surface area contributed by atoms with Crippen molar-refractivity contribution < 1.29 is 0 Å². The van der Waals surface area contributed by atoms with E-state index in [0.717, 1.165) is 13.1 Å². The second kappa shape index (κ2) is 3.99. The third-order valence-electron chi connectivity index (χ3n) is 4.31. The molecular weight excluding hydrogens is 220 g/mol. The van der Waals surface area contributed by atoms with Gasteiger partial charge in [0.25, 0.3) is 0 Å². The van der Waals surface area contributed by atoms with Crippen molar-refractivity contribution >= 4 is 16.5 Å². The van der Waals surface area contributed by atoms with Gasteiger partial charge in [-0.1, -0.05) is 30.3 Å². The Hall–Kier alpha value is -1.54. The first-order valence-electron chi connectivity index (χ1n) is 6.88. The van der Waals surface area contributed by atoms with Gasteiger partial charge >= 0.3 is 0 Å². The number of hydrogen-bond acceptors (Lipinski definition) is 2. The van der Waals surface area contributed by atoms with Gasteiger partial charge in [-0.3, -0.25) is 0 Å². The maximum Gasteiger partial charge on any atom is 0.0373 e. The van der Waals surface area contributed by atoms with Gasteiger partial charge < -0.3 is 10.2 Å². The number of anilines is 1. The molecule has 18 heavy (non-hydrogen) atoms. The fourth-order valence-corrected chi connectivity index (χ4v) is 3.38. The van der Waals surface area contributed by atoms with Gasteiger partial charge in [0.2, 0.25) is 0 Å². The predicted octanol–water partition coefficient (Wildman–Crippen LogP) is 2.78. The number of nitrogens with zero attached hydrogens (tertiary/aromatic N) is 1. The quantitative estimate of drug-likeness (QED) is 0.822. The van der Waals surface area contributed by atoms with Crippen LogP contribution < -0.4 is 10.2 Å². The van der Waals surface area contributed by atoms with Crippen LogP contribution in [0.4, 0.5) is 5.69 Å². The lowest BCUT2D eigenvalue weighted by molar-refractivity contribution is 0.466. The lowest BCUT2D eigenvalue weighted by atomic mass is 10.1. The Morgan fingerprint density at radius 2 is 1.61 bits per heavy atom. The summed E-state index contributed by atoms with van der Waals surface area (Å²) in [5.41, 5.74) is 1.38. The zero-order valence-corrected chi connectivity index (χ0v) is 10.5. The molecule has 2 aliphatic heterocycles. The Balaban J connectivity index is 1.70. The van der Waals surface area contributed by atoms with Crippen molar-refractivity contribution in [3.8, 4) is 0 Å². The fraction of sp³-hybridized carbons (Fsp3) is 0.375. The number of fused-ring (bicyclic) bond motifs is 3. The summed E-state index contributed by atoms with van der Waals surface area (Å²) in [5.74, 6) is 0. The second-order valence-electron chi connectivity index (χ2n) is 5.57. The fourth-order valence-electron chi connectivity index (χ4n) is 3.38. The average Bonchev–Trinajstić information content (AvgIpc) is 2.77. The van der Waals surface area contributed by atoms with E-state index in [0.29, 0.717) is 12.1 Å². The minimum Gasteiger partial charge on any atom is -0.368 e. The van der Waals surface area contributed by atoms with E-state index in [4.69, 9.17) is 0 Å². The van der Waals surface area contributed by atoms with E-state index in [1.165, 1.54) is 29.3 Å². The first-order valence-corrected chi connectivity index (χ1v) is 6.88. The highest BCUT2D eigenvalue weighted by atomic mass is 15.2. The molecule has 2 aliphatic rings. The average molecular weight is 238 g/mol. The van der Waals surface area contributed by atoms with Crippen LogP contribution in [-0.4, -0.2) is 25.2 Å². The van der Waals surface area contributed by atoms with Crippen LogP contribution in [0.2, 0.25) is 0 Å². The molecule has 2 heterocycles. The monoisotopic (exact) mass is 238 g/mol. The molecule has 2 aromatic carbocycles. The summed E-state index contributed by atoms with van der Waals surface area (Å²) < 4.78 is 0. The van der Waals surface area contributed by atoms with Gasteiger partial charge in [-0.25, -0.2) is 0 Å². The highest BCUT2D eigenvalue weighted by molar-refractivity contribution is 5.85. The first-order chi connectivity index (χ1) is 8.88. The smallest absolute Gasteiger partial charge is 0.0373 e. The Kier molecular flexibility index (Phi) is 2.30. The number of benzene rings is 2. The zero-order valence-electron chi connectivity index (χ0n) is 10.5. The highest BCUT2D eigenvalue weighted by Crippen LogP contribution is 2.27. The lowest BCUT2D eigenvalue weighted by Gasteiger charge is -2.34. The van der Waals surface area contributed by atoms with Gasteiger partial charge in [-0.2, -0.15) is 0 Å². The van der Waals surface area contributed by atoms with Crippen LogP contribution in [0.3, 0.4) is 0 Å². The van der Waals surface area contributed by atoms with Crippen molar-refractivity contribution in [2.75, 3.05) is 18.0 Å². The van der Waals surface area contributed by atoms with Crippen LogP contribution in [0.5, 0.6) is 0 Å².